The summed E-state index contributed by atoms with van der Waals surface area (Å²) in [6, 6.07) is 11.4. The molecule has 3 amide bonds. The first-order chi connectivity index (χ1) is 16.3. The Morgan fingerprint density at radius 2 is 1.62 bits per heavy atom. The first kappa shape index (κ1) is 25.6. The number of benzene rings is 2. The molecule has 0 radical (unpaired) electrons. The molecule has 0 spiro atoms. The van der Waals surface area contributed by atoms with Crippen LogP contribution in [0.25, 0.3) is 0 Å². The van der Waals surface area contributed by atoms with E-state index in [0.29, 0.717) is 24.4 Å². The van der Waals surface area contributed by atoms with Crippen LogP contribution in [0.2, 0.25) is 0 Å². The Morgan fingerprint density at radius 3 is 2.21 bits per heavy atom. The Balaban J connectivity index is 1.83. The van der Waals surface area contributed by atoms with Crippen molar-refractivity contribution in [1.29, 1.82) is 0 Å². The minimum absolute atomic E-state index is 0.171. The van der Waals surface area contributed by atoms with Crippen molar-refractivity contribution < 1.29 is 14.3 Å². The lowest BCUT2D eigenvalue weighted by Gasteiger charge is -2.22. The van der Waals surface area contributed by atoms with Gasteiger partial charge in [-0.2, -0.15) is 0 Å². The predicted molar refractivity (Wildman–Crippen MR) is 139 cm³/mol. The monoisotopic (exact) mass is 466 g/mol. The van der Waals surface area contributed by atoms with Gasteiger partial charge >= 0.3 is 6.03 Å². The Morgan fingerprint density at radius 1 is 0.971 bits per heavy atom. The highest BCUT2D eigenvalue weighted by atomic mass is 16.5. The second-order valence-corrected chi connectivity index (χ2v) is 9.37. The Labute approximate surface area is 203 Å². The molecule has 0 saturated carbocycles. The van der Waals surface area contributed by atoms with Gasteiger partial charge in [-0.3, -0.25) is 4.79 Å². The van der Waals surface area contributed by atoms with Crippen LogP contribution < -0.4 is 20.9 Å². The summed E-state index contributed by atoms with van der Waals surface area (Å²) in [7, 11) is 1.60. The first-order valence-electron chi connectivity index (χ1n) is 12.2. The maximum absolute atomic E-state index is 13.0. The van der Waals surface area contributed by atoms with Crippen molar-refractivity contribution in [2.45, 2.75) is 52.4 Å². The molecule has 7 heteroatoms. The first-order valence-corrected chi connectivity index (χ1v) is 12.2. The zero-order chi connectivity index (χ0) is 24.7. The molecule has 3 rings (SSSR count). The number of hydrogen-bond acceptors (Lipinski definition) is 4. The molecule has 0 bridgehead atoms. The summed E-state index contributed by atoms with van der Waals surface area (Å²) in [6.07, 6.45) is 2.22. The van der Waals surface area contributed by atoms with Gasteiger partial charge in [0, 0.05) is 43.8 Å². The quantitative estimate of drug-likeness (QED) is 0.423. The number of urea groups is 1. The van der Waals surface area contributed by atoms with E-state index in [1.165, 1.54) is 0 Å². The van der Waals surface area contributed by atoms with Gasteiger partial charge in [0.05, 0.1) is 12.2 Å². The highest BCUT2D eigenvalue weighted by Gasteiger charge is 2.21. The summed E-state index contributed by atoms with van der Waals surface area (Å²) in [5.41, 5.74) is 5.08. The molecule has 1 saturated heterocycles. The third-order valence-electron chi connectivity index (χ3n) is 6.15. The molecule has 184 valence electrons. The van der Waals surface area contributed by atoms with Crippen molar-refractivity contribution in [1.82, 2.24) is 5.32 Å². The molecule has 2 aromatic rings. The van der Waals surface area contributed by atoms with Gasteiger partial charge in [-0.05, 0) is 54.0 Å². The minimum atomic E-state index is -0.324. The van der Waals surface area contributed by atoms with Gasteiger partial charge in [0.25, 0.3) is 5.91 Å². The van der Waals surface area contributed by atoms with Crippen LogP contribution in [-0.4, -0.2) is 45.3 Å². The highest BCUT2D eigenvalue weighted by Crippen LogP contribution is 2.33. The van der Waals surface area contributed by atoms with Crippen LogP contribution in [0, 0.1) is 0 Å². The summed E-state index contributed by atoms with van der Waals surface area (Å²) >= 11 is 0. The number of carbonyl (C=O) groups is 2. The van der Waals surface area contributed by atoms with Crippen molar-refractivity contribution in [3.63, 3.8) is 0 Å². The number of methoxy groups -OCH3 is 1. The van der Waals surface area contributed by atoms with Gasteiger partial charge in [0.2, 0.25) is 0 Å². The largest absolute Gasteiger partial charge is 0.383 e. The average molecular weight is 467 g/mol. The lowest BCUT2D eigenvalue weighted by molar-refractivity contribution is 0.0937. The molecule has 0 atom stereocenters. The van der Waals surface area contributed by atoms with Crippen LogP contribution in [0.4, 0.5) is 21.9 Å². The normalized spacial score (nSPS) is 13.4. The van der Waals surface area contributed by atoms with Crippen LogP contribution in [0.3, 0.4) is 0 Å². The topological polar surface area (TPSA) is 82.7 Å². The smallest absolute Gasteiger partial charge is 0.323 e. The van der Waals surface area contributed by atoms with E-state index < -0.39 is 0 Å². The number of rotatable bonds is 9. The summed E-state index contributed by atoms with van der Waals surface area (Å²) in [5.74, 6) is 0.377. The van der Waals surface area contributed by atoms with Gasteiger partial charge in [0.15, 0.2) is 0 Å². The maximum atomic E-state index is 13.0. The van der Waals surface area contributed by atoms with E-state index in [1.807, 2.05) is 18.2 Å². The lowest BCUT2D eigenvalue weighted by atomic mass is 9.93. The molecule has 0 aliphatic carbocycles. The molecule has 1 fully saturated rings. The summed E-state index contributed by atoms with van der Waals surface area (Å²) in [6.45, 7) is 11.2. The molecule has 7 nitrogen and oxygen atoms in total. The van der Waals surface area contributed by atoms with E-state index in [-0.39, 0.29) is 23.8 Å². The van der Waals surface area contributed by atoms with Crippen LogP contribution in [0.5, 0.6) is 0 Å². The van der Waals surface area contributed by atoms with Gasteiger partial charge in [-0.15, -0.1) is 0 Å². The number of ether oxygens (including phenoxy) is 1. The molecule has 1 aliphatic rings. The molecule has 3 N–H and O–H groups in total. The van der Waals surface area contributed by atoms with Gasteiger partial charge in [0.1, 0.15) is 0 Å². The zero-order valence-electron chi connectivity index (χ0n) is 21.0. The molecule has 1 heterocycles. The second-order valence-electron chi connectivity index (χ2n) is 9.37. The molecule has 2 aromatic carbocycles. The number of amides is 3. The van der Waals surface area contributed by atoms with E-state index >= 15 is 0 Å². The van der Waals surface area contributed by atoms with E-state index in [1.54, 1.807) is 13.2 Å². The number of anilines is 3. The molecule has 0 aromatic heterocycles. The summed E-state index contributed by atoms with van der Waals surface area (Å²) in [4.78, 5) is 28.2. The van der Waals surface area contributed by atoms with Crippen LogP contribution >= 0.6 is 0 Å². The van der Waals surface area contributed by atoms with Gasteiger partial charge < -0.3 is 25.6 Å². The minimum Gasteiger partial charge on any atom is -0.383 e. The predicted octanol–water partition coefficient (Wildman–Crippen LogP) is 5.55. The number of hydrogen-bond donors (Lipinski definition) is 3. The molecule has 34 heavy (non-hydrogen) atoms. The SMILES string of the molecule is COCCNC(=O)c1cc(NC(=O)Nc2c(C(C)C)cccc2C(C)C)ccc1N1CCCC1. The van der Waals surface area contributed by atoms with Crippen molar-refractivity contribution in [2.24, 2.45) is 0 Å². The van der Waals surface area contributed by atoms with Crippen LogP contribution in [0.1, 0.15) is 73.9 Å². The highest BCUT2D eigenvalue weighted by molar-refractivity contribution is 6.04. The van der Waals surface area contributed by atoms with Crippen molar-refractivity contribution in [3.8, 4) is 0 Å². The third kappa shape index (κ3) is 6.29. The van der Waals surface area contributed by atoms with Gasteiger partial charge in [-0.25, -0.2) is 4.79 Å². The fraction of sp³-hybridized carbons (Fsp3) is 0.481. The second kappa shape index (κ2) is 11.9. The standard InChI is InChI=1S/C27H38N4O3/c1-18(2)21-9-8-10-22(19(3)4)25(21)30-27(33)29-20-11-12-24(31-14-6-7-15-31)23(17-20)26(32)28-13-16-34-5/h8-12,17-19H,6-7,13-16H2,1-5H3,(H,28,32)(H2,29,30,33). The number of nitrogens with zero attached hydrogens (tertiary/aromatic N) is 1. The Bertz CT molecular complexity index is 971. The van der Waals surface area contributed by atoms with E-state index in [9.17, 15) is 9.59 Å². The zero-order valence-corrected chi connectivity index (χ0v) is 21.0. The summed E-state index contributed by atoms with van der Waals surface area (Å²) in [5, 5.41) is 8.91. The maximum Gasteiger partial charge on any atom is 0.323 e. The van der Waals surface area contributed by atoms with Crippen molar-refractivity contribution in [3.05, 3.63) is 53.1 Å². The Hall–Kier alpha value is -3.06. The number of nitrogens with one attached hydrogen (secondary N) is 3. The van der Waals surface area contributed by atoms with Gasteiger partial charge in [-0.1, -0.05) is 45.9 Å². The number of para-hydroxylation sites is 1. The molecule has 1 aliphatic heterocycles. The Kier molecular flexibility index (Phi) is 8.93. The fourth-order valence-electron chi connectivity index (χ4n) is 4.36. The van der Waals surface area contributed by atoms with Crippen LogP contribution in [-0.2, 0) is 4.74 Å². The number of carbonyl (C=O) groups excluding carboxylic acids is 2. The van der Waals surface area contributed by atoms with E-state index in [2.05, 4.69) is 60.7 Å². The molecular formula is C27H38N4O3. The van der Waals surface area contributed by atoms with E-state index in [0.717, 1.165) is 48.4 Å². The van der Waals surface area contributed by atoms with Crippen LogP contribution in [0.15, 0.2) is 36.4 Å². The summed E-state index contributed by atoms with van der Waals surface area (Å²) < 4.78 is 5.05. The van der Waals surface area contributed by atoms with Crippen molar-refractivity contribution in [2.75, 3.05) is 48.9 Å². The lowest BCUT2D eigenvalue weighted by Crippen LogP contribution is -2.30. The average Bonchev–Trinajstić information content (AvgIpc) is 3.33. The fourth-order valence-corrected chi connectivity index (χ4v) is 4.36. The van der Waals surface area contributed by atoms with Crippen molar-refractivity contribution >= 4 is 29.0 Å². The molecular weight excluding hydrogens is 428 g/mol. The van der Waals surface area contributed by atoms with E-state index in [4.69, 9.17) is 4.74 Å². The third-order valence-corrected chi connectivity index (χ3v) is 6.15. The molecule has 0 unspecified atom stereocenters.